The third kappa shape index (κ3) is 4.47. The number of hydrogen-bond donors (Lipinski definition) is 1. The minimum absolute atomic E-state index is 0.0973. The summed E-state index contributed by atoms with van der Waals surface area (Å²) in [6, 6.07) is 19.0. The Labute approximate surface area is 184 Å². The zero-order valence-electron chi connectivity index (χ0n) is 18.1. The van der Waals surface area contributed by atoms with E-state index in [1.54, 1.807) is 0 Å². The first kappa shape index (κ1) is 20.1. The van der Waals surface area contributed by atoms with Crippen molar-refractivity contribution in [3.8, 4) is 5.88 Å². The monoisotopic (exact) mass is 417 g/mol. The molecule has 1 saturated heterocycles. The highest BCUT2D eigenvalue weighted by molar-refractivity contribution is 5.92. The Hall–Kier alpha value is -2.79. The maximum atomic E-state index is 12.8. The lowest BCUT2D eigenvalue weighted by atomic mass is 9.96. The molecule has 0 spiro atoms. The summed E-state index contributed by atoms with van der Waals surface area (Å²) in [6.07, 6.45) is 3.68. The summed E-state index contributed by atoms with van der Waals surface area (Å²) in [5.41, 5.74) is 3.58. The third-order valence-electron chi connectivity index (χ3n) is 6.67. The van der Waals surface area contributed by atoms with Gasteiger partial charge >= 0.3 is 0 Å². The molecule has 2 aliphatic heterocycles. The summed E-state index contributed by atoms with van der Waals surface area (Å²) in [5, 5.41) is 4.35. The normalized spacial score (nSPS) is 17.3. The topological polar surface area (TPSA) is 46.5 Å². The number of fused-ring (bicyclic) bond motifs is 3. The van der Waals surface area contributed by atoms with Gasteiger partial charge in [-0.05, 0) is 49.9 Å². The number of benzene rings is 2. The van der Waals surface area contributed by atoms with Crippen molar-refractivity contribution in [3.05, 3.63) is 65.7 Å². The number of carbonyl (C=O) groups is 1. The van der Waals surface area contributed by atoms with Crippen molar-refractivity contribution >= 4 is 16.8 Å². The number of rotatable bonds is 6. The molecule has 0 aliphatic carbocycles. The van der Waals surface area contributed by atoms with Crippen LogP contribution in [-0.4, -0.2) is 41.6 Å². The average molecular weight is 418 g/mol. The minimum Gasteiger partial charge on any atom is -0.479 e. The van der Waals surface area contributed by atoms with Gasteiger partial charge in [0.15, 0.2) is 5.88 Å². The smallest absolute Gasteiger partial charge is 0.224 e. The number of nitrogens with zero attached hydrogens (tertiary/aromatic N) is 2. The molecule has 2 aliphatic rings. The number of carbonyl (C=O) groups excluding carboxylic acids is 1. The molecule has 31 heavy (non-hydrogen) atoms. The number of piperidine rings is 1. The lowest BCUT2D eigenvalue weighted by Gasteiger charge is -2.32. The molecular weight excluding hydrogens is 386 g/mol. The lowest BCUT2D eigenvalue weighted by molar-refractivity contribution is -0.120. The molecular formula is C26H31N3O2. The summed E-state index contributed by atoms with van der Waals surface area (Å²) < 4.78 is 8.20. The van der Waals surface area contributed by atoms with Gasteiger partial charge in [0.1, 0.15) is 0 Å². The SMILES string of the molecule is O=C(Cc1c2n(c3ccccc13)CCCO2)NCC1CCN(Cc2ccccc2)CC1. The number of nitrogens with one attached hydrogen (secondary N) is 1. The molecule has 1 N–H and O–H groups in total. The fourth-order valence-corrected chi connectivity index (χ4v) is 4.97. The lowest BCUT2D eigenvalue weighted by Crippen LogP contribution is -2.38. The Bertz CT molecular complexity index is 1040. The molecule has 5 nitrogen and oxygen atoms in total. The molecule has 5 rings (SSSR count). The summed E-state index contributed by atoms with van der Waals surface area (Å²) in [4.78, 5) is 15.3. The van der Waals surface area contributed by atoms with Gasteiger partial charge < -0.3 is 14.6 Å². The van der Waals surface area contributed by atoms with Crippen molar-refractivity contribution in [1.82, 2.24) is 14.8 Å². The largest absolute Gasteiger partial charge is 0.479 e. The summed E-state index contributed by atoms with van der Waals surface area (Å²) in [5.74, 6) is 1.55. The van der Waals surface area contributed by atoms with Crippen molar-refractivity contribution in [1.29, 1.82) is 0 Å². The molecule has 1 amide bonds. The van der Waals surface area contributed by atoms with Crippen LogP contribution in [0.4, 0.5) is 0 Å². The first-order chi connectivity index (χ1) is 15.3. The zero-order chi connectivity index (χ0) is 21.0. The van der Waals surface area contributed by atoms with Gasteiger partial charge in [0.25, 0.3) is 0 Å². The van der Waals surface area contributed by atoms with Crippen molar-refractivity contribution in [3.63, 3.8) is 0 Å². The number of aromatic nitrogens is 1. The molecule has 3 heterocycles. The van der Waals surface area contributed by atoms with Gasteiger partial charge in [-0.25, -0.2) is 0 Å². The van der Waals surface area contributed by atoms with Gasteiger partial charge in [-0.1, -0.05) is 48.5 Å². The first-order valence-electron chi connectivity index (χ1n) is 11.5. The third-order valence-corrected chi connectivity index (χ3v) is 6.67. The standard InChI is InChI=1S/C26H31N3O2/c30-25(17-23-22-9-4-5-10-24(22)29-13-6-16-31-26(23)29)27-18-20-11-14-28(15-12-20)19-21-7-2-1-3-8-21/h1-5,7-10,20H,6,11-19H2,(H,27,30). The predicted molar refractivity (Wildman–Crippen MR) is 123 cm³/mol. The average Bonchev–Trinajstić information content (AvgIpc) is 3.13. The van der Waals surface area contributed by atoms with Crippen LogP contribution in [0.2, 0.25) is 0 Å². The van der Waals surface area contributed by atoms with E-state index in [0.29, 0.717) is 12.3 Å². The molecule has 2 aromatic carbocycles. The van der Waals surface area contributed by atoms with Crippen LogP contribution in [-0.2, 0) is 24.3 Å². The van der Waals surface area contributed by atoms with Gasteiger partial charge in [0.05, 0.1) is 18.5 Å². The van der Waals surface area contributed by atoms with E-state index < -0.39 is 0 Å². The molecule has 0 radical (unpaired) electrons. The van der Waals surface area contributed by atoms with Gasteiger partial charge in [0, 0.05) is 30.6 Å². The van der Waals surface area contributed by atoms with Crippen molar-refractivity contribution in [2.45, 2.75) is 38.8 Å². The van der Waals surface area contributed by atoms with Gasteiger partial charge in [-0.3, -0.25) is 9.69 Å². The highest BCUT2D eigenvalue weighted by Crippen LogP contribution is 2.34. The first-order valence-corrected chi connectivity index (χ1v) is 11.5. The van der Waals surface area contributed by atoms with E-state index in [1.807, 2.05) is 6.07 Å². The molecule has 162 valence electrons. The van der Waals surface area contributed by atoms with Crippen molar-refractivity contribution < 1.29 is 9.53 Å². The number of aryl methyl sites for hydroxylation is 1. The van der Waals surface area contributed by atoms with Crippen LogP contribution in [0.5, 0.6) is 5.88 Å². The number of hydrogen-bond acceptors (Lipinski definition) is 3. The Balaban J connectivity index is 1.15. The van der Waals surface area contributed by atoms with Crippen LogP contribution in [0.3, 0.4) is 0 Å². The van der Waals surface area contributed by atoms with Crippen LogP contribution in [0, 0.1) is 5.92 Å². The highest BCUT2D eigenvalue weighted by atomic mass is 16.5. The highest BCUT2D eigenvalue weighted by Gasteiger charge is 2.24. The second kappa shape index (κ2) is 9.15. The Morgan fingerprint density at radius 1 is 1.00 bits per heavy atom. The van der Waals surface area contributed by atoms with Crippen LogP contribution in [0.25, 0.3) is 10.9 Å². The van der Waals surface area contributed by atoms with Crippen molar-refractivity contribution in [2.24, 2.45) is 5.92 Å². The Morgan fingerprint density at radius 2 is 1.77 bits per heavy atom. The number of likely N-dealkylation sites (tertiary alicyclic amines) is 1. The van der Waals surface area contributed by atoms with Gasteiger partial charge in [0.2, 0.25) is 5.91 Å². The molecule has 0 atom stereocenters. The van der Waals surface area contributed by atoms with Gasteiger partial charge in [-0.2, -0.15) is 0 Å². The molecule has 5 heteroatoms. The van der Waals surface area contributed by atoms with E-state index in [9.17, 15) is 4.79 Å². The Kier molecular flexibility index (Phi) is 5.94. The predicted octanol–water partition coefficient (Wildman–Crippen LogP) is 3.99. The van der Waals surface area contributed by atoms with E-state index >= 15 is 0 Å². The number of para-hydroxylation sites is 1. The van der Waals surface area contributed by atoms with E-state index in [0.717, 1.165) is 75.4 Å². The molecule has 0 bridgehead atoms. The maximum Gasteiger partial charge on any atom is 0.224 e. The second-order valence-corrected chi connectivity index (χ2v) is 8.84. The Morgan fingerprint density at radius 3 is 2.61 bits per heavy atom. The minimum atomic E-state index is 0.0973. The van der Waals surface area contributed by atoms with Crippen LogP contribution in [0.15, 0.2) is 54.6 Å². The summed E-state index contributed by atoms with van der Waals surface area (Å²) >= 11 is 0. The summed E-state index contributed by atoms with van der Waals surface area (Å²) in [7, 11) is 0. The quantitative estimate of drug-likeness (QED) is 0.660. The van der Waals surface area contributed by atoms with E-state index in [-0.39, 0.29) is 5.91 Å². The molecule has 0 saturated carbocycles. The number of ether oxygens (including phenoxy) is 1. The summed E-state index contributed by atoms with van der Waals surface area (Å²) in [6.45, 7) is 5.67. The fourth-order valence-electron chi connectivity index (χ4n) is 4.97. The zero-order valence-corrected chi connectivity index (χ0v) is 18.1. The number of amides is 1. The van der Waals surface area contributed by atoms with Crippen LogP contribution < -0.4 is 10.1 Å². The van der Waals surface area contributed by atoms with Crippen LogP contribution >= 0.6 is 0 Å². The van der Waals surface area contributed by atoms with E-state index in [1.165, 1.54) is 11.1 Å². The van der Waals surface area contributed by atoms with Gasteiger partial charge in [-0.15, -0.1) is 0 Å². The fraction of sp³-hybridized carbons (Fsp3) is 0.423. The van der Waals surface area contributed by atoms with Crippen LogP contribution in [0.1, 0.15) is 30.4 Å². The van der Waals surface area contributed by atoms with E-state index in [2.05, 4.69) is 63.3 Å². The second-order valence-electron chi connectivity index (χ2n) is 8.84. The molecule has 0 unspecified atom stereocenters. The molecule has 1 aromatic heterocycles. The van der Waals surface area contributed by atoms with Crippen molar-refractivity contribution in [2.75, 3.05) is 26.2 Å². The van der Waals surface area contributed by atoms with E-state index in [4.69, 9.17) is 4.74 Å². The molecule has 1 fully saturated rings. The molecule has 3 aromatic rings. The maximum absolute atomic E-state index is 12.8.